The molecule has 0 amide bonds. The first-order chi connectivity index (χ1) is 26.8. The van der Waals surface area contributed by atoms with E-state index in [0.29, 0.717) is 5.69 Å². The molecule has 6 aromatic carbocycles. The number of aromatic nitrogens is 6. The average Bonchev–Trinajstić information content (AvgIpc) is 3.94. The van der Waals surface area contributed by atoms with Crippen molar-refractivity contribution >= 4 is 54.8 Å². The summed E-state index contributed by atoms with van der Waals surface area (Å²) < 4.78 is 6.66. The van der Waals surface area contributed by atoms with Gasteiger partial charge in [0, 0.05) is 44.9 Å². The number of aryl methyl sites for hydroxylation is 3. The SMILES string of the molecule is [C-]#[N+]c1cc(C(C)(C)c2ccc3c4ccccc4n(-c4nccn4-c4c(C)cccc4C)c3c2)cc2c1c1ccccc1n1c(-c3ccccc3C)nnc21. The first-order valence-corrected chi connectivity index (χ1v) is 18.6. The number of hydrogen-bond acceptors (Lipinski definition) is 3. The number of rotatable bonds is 5. The van der Waals surface area contributed by atoms with Crippen LogP contribution in [0, 0.1) is 27.3 Å². The van der Waals surface area contributed by atoms with Crippen molar-refractivity contribution in [1.29, 1.82) is 0 Å². The van der Waals surface area contributed by atoms with E-state index in [1.54, 1.807) is 0 Å². The molecule has 7 heteroatoms. The predicted octanol–water partition coefficient (Wildman–Crippen LogP) is 11.8. The van der Waals surface area contributed by atoms with E-state index in [-0.39, 0.29) is 0 Å². The van der Waals surface area contributed by atoms with Crippen molar-refractivity contribution in [2.45, 2.75) is 40.0 Å². The molecule has 10 aromatic rings. The van der Waals surface area contributed by atoms with Crippen LogP contribution in [0.15, 0.2) is 134 Å². The molecule has 0 aliphatic carbocycles. The van der Waals surface area contributed by atoms with Gasteiger partial charge in [0.1, 0.15) is 0 Å². The van der Waals surface area contributed by atoms with Crippen molar-refractivity contribution in [3.63, 3.8) is 0 Å². The summed E-state index contributed by atoms with van der Waals surface area (Å²) >= 11 is 0. The lowest BCUT2D eigenvalue weighted by Gasteiger charge is -2.28. The van der Waals surface area contributed by atoms with Gasteiger partial charge in [-0.15, -0.1) is 10.2 Å². The highest BCUT2D eigenvalue weighted by atomic mass is 15.3. The van der Waals surface area contributed by atoms with Gasteiger partial charge in [0.15, 0.2) is 17.2 Å². The van der Waals surface area contributed by atoms with Crippen molar-refractivity contribution in [2.75, 3.05) is 0 Å². The monoisotopic (exact) mass is 711 g/mol. The van der Waals surface area contributed by atoms with Crippen LogP contribution < -0.4 is 0 Å². The molecular formula is C48H37N7. The van der Waals surface area contributed by atoms with Gasteiger partial charge in [-0.3, -0.25) is 13.5 Å². The van der Waals surface area contributed by atoms with Crippen LogP contribution in [0.1, 0.15) is 41.7 Å². The van der Waals surface area contributed by atoms with Gasteiger partial charge in [-0.05, 0) is 78.2 Å². The van der Waals surface area contributed by atoms with Gasteiger partial charge in [-0.1, -0.05) is 111 Å². The van der Waals surface area contributed by atoms with E-state index in [2.05, 4.69) is 156 Å². The fourth-order valence-electron chi connectivity index (χ4n) is 8.66. The van der Waals surface area contributed by atoms with Crippen LogP contribution in [-0.2, 0) is 5.41 Å². The molecule has 10 rings (SSSR count). The molecule has 0 saturated heterocycles. The van der Waals surface area contributed by atoms with Gasteiger partial charge in [0.2, 0.25) is 5.95 Å². The zero-order chi connectivity index (χ0) is 37.6. The summed E-state index contributed by atoms with van der Waals surface area (Å²) in [5, 5.41) is 14.8. The van der Waals surface area contributed by atoms with Gasteiger partial charge in [-0.25, -0.2) is 9.83 Å². The summed E-state index contributed by atoms with van der Waals surface area (Å²) in [6, 6.07) is 42.6. The van der Waals surface area contributed by atoms with E-state index in [4.69, 9.17) is 21.8 Å². The average molecular weight is 712 g/mol. The summed E-state index contributed by atoms with van der Waals surface area (Å²) in [7, 11) is 0. The highest BCUT2D eigenvalue weighted by Gasteiger charge is 2.28. The van der Waals surface area contributed by atoms with Crippen molar-refractivity contribution in [1.82, 2.24) is 28.7 Å². The molecule has 264 valence electrons. The Labute approximate surface area is 318 Å². The van der Waals surface area contributed by atoms with Crippen molar-refractivity contribution in [2.24, 2.45) is 0 Å². The minimum absolute atomic E-state index is 0.493. The molecular weight excluding hydrogens is 675 g/mol. The van der Waals surface area contributed by atoms with Gasteiger partial charge in [0.25, 0.3) is 0 Å². The molecule has 0 fully saturated rings. The molecule has 0 bridgehead atoms. The lowest BCUT2D eigenvalue weighted by molar-refractivity contribution is 0.643. The third kappa shape index (κ3) is 4.71. The zero-order valence-corrected chi connectivity index (χ0v) is 31.3. The third-order valence-electron chi connectivity index (χ3n) is 11.6. The molecule has 0 N–H and O–H groups in total. The van der Waals surface area contributed by atoms with Gasteiger partial charge >= 0.3 is 0 Å². The lowest BCUT2D eigenvalue weighted by Crippen LogP contribution is -2.19. The molecule has 4 heterocycles. The molecule has 0 atom stereocenters. The Morgan fingerprint density at radius 2 is 1.31 bits per heavy atom. The van der Waals surface area contributed by atoms with Gasteiger partial charge < -0.3 is 0 Å². The number of fused-ring (bicyclic) bond motifs is 9. The summed E-state index contributed by atoms with van der Waals surface area (Å²) in [4.78, 5) is 9.14. The highest BCUT2D eigenvalue weighted by Crippen LogP contribution is 2.44. The maximum atomic E-state index is 8.45. The van der Waals surface area contributed by atoms with Crippen LogP contribution in [-0.4, -0.2) is 28.7 Å². The molecule has 0 spiro atoms. The molecule has 0 radical (unpaired) electrons. The standard InChI is InChI=1S/C48H37N7/c1-29-14-7-8-17-34(29)45-51-52-46-38-26-33(27-39(49-6)43(38)37-19-10-12-21-41(37)55(45)46)48(4,5)32-22-23-36-35-18-9-11-20-40(35)54(42(36)28-32)47-50-24-25-53(47)44-30(2)15-13-16-31(44)3/h7-28H,1-5H3. The lowest BCUT2D eigenvalue weighted by atomic mass is 9.77. The van der Waals surface area contributed by atoms with E-state index >= 15 is 0 Å². The van der Waals surface area contributed by atoms with Crippen LogP contribution in [0.3, 0.4) is 0 Å². The summed E-state index contributed by atoms with van der Waals surface area (Å²) in [6.07, 6.45) is 3.94. The van der Waals surface area contributed by atoms with Gasteiger partial charge in [-0.2, -0.15) is 0 Å². The molecule has 55 heavy (non-hydrogen) atoms. The number of benzene rings is 6. The topological polar surface area (TPSA) is 57.3 Å². The normalized spacial score (nSPS) is 12.1. The Morgan fingerprint density at radius 3 is 2.09 bits per heavy atom. The summed E-state index contributed by atoms with van der Waals surface area (Å²) in [5.41, 5.74) is 11.8. The Hall–Kier alpha value is -7.04. The second-order valence-electron chi connectivity index (χ2n) is 15.1. The van der Waals surface area contributed by atoms with Crippen molar-refractivity contribution < 1.29 is 0 Å². The number of nitrogens with zero attached hydrogens (tertiary/aromatic N) is 7. The minimum Gasteiger partial charge on any atom is -0.285 e. The minimum atomic E-state index is -0.493. The quantitative estimate of drug-likeness (QED) is 0.132. The predicted molar refractivity (Wildman–Crippen MR) is 224 cm³/mol. The zero-order valence-electron chi connectivity index (χ0n) is 31.3. The smallest absolute Gasteiger partial charge is 0.219 e. The third-order valence-corrected chi connectivity index (χ3v) is 11.6. The second-order valence-corrected chi connectivity index (χ2v) is 15.1. The largest absolute Gasteiger partial charge is 0.285 e. The number of pyridine rings is 1. The number of para-hydroxylation sites is 3. The van der Waals surface area contributed by atoms with E-state index in [1.165, 1.54) is 16.5 Å². The van der Waals surface area contributed by atoms with Gasteiger partial charge in [0.05, 0.1) is 28.8 Å². The summed E-state index contributed by atoms with van der Waals surface area (Å²) in [6.45, 7) is 19.3. The fraction of sp³-hybridized carbons (Fsp3) is 0.125. The van der Waals surface area contributed by atoms with E-state index in [9.17, 15) is 0 Å². The van der Waals surface area contributed by atoms with E-state index in [0.717, 1.165) is 83.5 Å². The molecule has 0 aliphatic rings. The van der Waals surface area contributed by atoms with Crippen LogP contribution in [0.4, 0.5) is 5.69 Å². The van der Waals surface area contributed by atoms with E-state index < -0.39 is 5.41 Å². The Balaban J connectivity index is 1.22. The Bertz CT molecular complexity index is 3220. The number of hydrogen-bond donors (Lipinski definition) is 0. The van der Waals surface area contributed by atoms with Crippen LogP contribution in [0.25, 0.3) is 77.0 Å². The maximum absolute atomic E-state index is 8.45. The van der Waals surface area contributed by atoms with Crippen LogP contribution in [0.5, 0.6) is 0 Å². The van der Waals surface area contributed by atoms with Crippen LogP contribution in [0.2, 0.25) is 0 Å². The molecule has 0 unspecified atom stereocenters. The molecule has 0 aliphatic heterocycles. The molecule has 0 saturated carbocycles. The van der Waals surface area contributed by atoms with E-state index in [1.807, 2.05) is 30.5 Å². The number of imidazole rings is 1. The first kappa shape index (κ1) is 32.6. The highest BCUT2D eigenvalue weighted by molar-refractivity contribution is 6.18. The summed E-state index contributed by atoms with van der Waals surface area (Å²) in [5.74, 6) is 1.63. The van der Waals surface area contributed by atoms with Crippen LogP contribution >= 0.6 is 0 Å². The first-order valence-electron chi connectivity index (χ1n) is 18.6. The Morgan fingerprint density at radius 1 is 0.618 bits per heavy atom. The fourth-order valence-corrected chi connectivity index (χ4v) is 8.66. The Kier molecular flexibility index (Phi) is 7.11. The molecule has 7 nitrogen and oxygen atoms in total. The molecule has 4 aromatic heterocycles. The van der Waals surface area contributed by atoms with Crippen molar-refractivity contribution in [3.8, 4) is 23.0 Å². The van der Waals surface area contributed by atoms with Crippen molar-refractivity contribution in [3.05, 3.63) is 173 Å². The maximum Gasteiger partial charge on any atom is 0.219 e. The second kappa shape index (κ2) is 12.0.